The monoisotopic (exact) mass is 392 g/mol. The van der Waals surface area contributed by atoms with Crippen LogP contribution in [0.2, 0.25) is 0 Å². The number of alkyl halides is 2. The highest BCUT2D eigenvalue weighted by Crippen LogP contribution is 2.63. The Morgan fingerprint density at radius 3 is 2.12 bits per heavy atom. The molecule has 0 aliphatic heterocycles. The van der Waals surface area contributed by atoms with Crippen molar-refractivity contribution in [1.82, 2.24) is 9.62 Å². The van der Waals surface area contributed by atoms with E-state index >= 15 is 0 Å². The van der Waals surface area contributed by atoms with Crippen molar-refractivity contribution in [3.05, 3.63) is 29.8 Å². The first kappa shape index (κ1) is 19.5. The summed E-state index contributed by atoms with van der Waals surface area (Å²) >= 11 is 12.0. The van der Waals surface area contributed by atoms with E-state index in [4.69, 9.17) is 23.2 Å². The Morgan fingerprint density at radius 2 is 1.71 bits per heavy atom. The summed E-state index contributed by atoms with van der Waals surface area (Å²) in [6.45, 7) is 6.47. The van der Waals surface area contributed by atoms with Crippen molar-refractivity contribution in [2.75, 3.05) is 13.1 Å². The van der Waals surface area contributed by atoms with Crippen LogP contribution in [0.3, 0.4) is 0 Å². The van der Waals surface area contributed by atoms with Gasteiger partial charge in [-0.3, -0.25) is 4.79 Å². The molecule has 1 aromatic carbocycles. The molecule has 0 radical (unpaired) electrons. The van der Waals surface area contributed by atoms with Crippen LogP contribution in [0.25, 0.3) is 0 Å². The van der Waals surface area contributed by atoms with E-state index in [0.29, 0.717) is 26.1 Å². The maximum Gasteiger partial charge on any atom is 0.243 e. The van der Waals surface area contributed by atoms with Crippen LogP contribution in [0.1, 0.15) is 32.8 Å². The second kappa shape index (κ2) is 6.83. The zero-order chi connectivity index (χ0) is 18.2. The minimum absolute atomic E-state index is 0.202. The molecular formula is C16H22Cl2N2O3S. The van der Waals surface area contributed by atoms with Gasteiger partial charge in [0.1, 0.15) is 4.33 Å². The fourth-order valence-corrected chi connectivity index (χ4v) is 4.68. The first-order valence-corrected chi connectivity index (χ1v) is 10.0. The summed E-state index contributed by atoms with van der Waals surface area (Å²) in [5.74, 6) is -0.202. The van der Waals surface area contributed by atoms with Crippen molar-refractivity contribution in [2.45, 2.75) is 43.0 Å². The molecule has 0 bridgehead atoms. The van der Waals surface area contributed by atoms with Crippen molar-refractivity contribution in [3.8, 4) is 0 Å². The number of carbonyl (C=O) groups is 1. The van der Waals surface area contributed by atoms with Crippen LogP contribution in [-0.2, 0) is 21.4 Å². The lowest BCUT2D eigenvalue weighted by molar-refractivity contribution is -0.125. The SMILES string of the molecule is CCN(CC)S(=O)(=O)c1ccc(CNC(=O)C2(C)CC2(Cl)Cl)cc1. The third-order valence-electron chi connectivity index (χ3n) is 4.48. The van der Waals surface area contributed by atoms with Gasteiger partial charge in [0.25, 0.3) is 0 Å². The van der Waals surface area contributed by atoms with E-state index in [2.05, 4.69) is 5.32 Å². The summed E-state index contributed by atoms with van der Waals surface area (Å²) in [6.07, 6.45) is 0.427. The van der Waals surface area contributed by atoms with Crippen LogP contribution in [-0.4, -0.2) is 36.1 Å². The molecule has 2 rings (SSSR count). The first-order valence-electron chi connectivity index (χ1n) is 7.83. The third-order valence-corrected chi connectivity index (χ3v) is 7.64. The molecule has 0 heterocycles. The second-order valence-electron chi connectivity index (χ2n) is 6.13. The van der Waals surface area contributed by atoms with Crippen molar-refractivity contribution in [3.63, 3.8) is 0 Å². The molecule has 24 heavy (non-hydrogen) atoms. The van der Waals surface area contributed by atoms with Gasteiger partial charge in [0, 0.05) is 19.6 Å². The highest BCUT2D eigenvalue weighted by Gasteiger charge is 2.67. The van der Waals surface area contributed by atoms with Crippen molar-refractivity contribution in [1.29, 1.82) is 0 Å². The minimum atomic E-state index is -3.47. The number of sulfonamides is 1. The van der Waals surface area contributed by atoms with E-state index in [1.165, 1.54) is 4.31 Å². The predicted molar refractivity (Wildman–Crippen MR) is 95.6 cm³/mol. The zero-order valence-electron chi connectivity index (χ0n) is 14.0. The van der Waals surface area contributed by atoms with Crippen LogP contribution in [0.5, 0.6) is 0 Å². The summed E-state index contributed by atoms with van der Waals surface area (Å²) in [5.41, 5.74) is 0.0446. The van der Waals surface area contributed by atoms with Crippen LogP contribution < -0.4 is 5.32 Å². The van der Waals surface area contributed by atoms with Gasteiger partial charge in [-0.25, -0.2) is 8.42 Å². The number of benzene rings is 1. The van der Waals surface area contributed by atoms with E-state index in [-0.39, 0.29) is 10.8 Å². The quantitative estimate of drug-likeness (QED) is 0.725. The lowest BCUT2D eigenvalue weighted by Gasteiger charge is -2.18. The van der Waals surface area contributed by atoms with Gasteiger partial charge in [-0.05, 0) is 31.0 Å². The molecule has 0 aromatic heterocycles. The lowest BCUT2D eigenvalue weighted by Crippen LogP contribution is -2.33. The molecule has 1 N–H and O–H groups in total. The van der Waals surface area contributed by atoms with Gasteiger partial charge in [0.2, 0.25) is 15.9 Å². The Labute approximate surface area is 153 Å². The summed E-state index contributed by atoms with van der Waals surface area (Å²) in [4.78, 5) is 12.4. The Morgan fingerprint density at radius 1 is 1.21 bits per heavy atom. The van der Waals surface area contributed by atoms with Gasteiger partial charge in [0.15, 0.2) is 0 Å². The number of rotatable bonds is 7. The van der Waals surface area contributed by atoms with Crippen molar-refractivity contribution >= 4 is 39.1 Å². The Kier molecular flexibility index (Phi) is 5.55. The minimum Gasteiger partial charge on any atom is -0.351 e. The van der Waals surface area contributed by atoms with Crippen molar-refractivity contribution < 1.29 is 13.2 Å². The highest BCUT2D eigenvalue weighted by atomic mass is 35.5. The first-order chi connectivity index (χ1) is 11.1. The summed E-state index contributed by atoms with van der Waals surface area (Å²) < 4.78 is 25.2. The molecule has 5 nitrogen and oxygen atoms in total. The van der Waals surface area contributed by atoms with E-state index in [9.17, 15) is 13.2 Å². The molecule has 1 atom stereocenters. The van der Waals surface area contributed by atoms with Gasteiger partial charge in [-0.15, -0.1) is 23.2 Å². The fourth-order valence-electron chi connectivity index (χ4n) is 2.52. The molecule has 0 spiro atoms. The largest absolute Gasteiger partial charge is 0.351 e. The molecule has 1 fully saturated rings. The number of halogens is 2. The standard InChI is InChI=1S/C16H22Cl2N2O3S/c1-4-20(5-2)24(22,23)13-8-6-12(7-9-13)10-19-14(21)15(3)11-16(15,17)18/h6-9H,4-5,10-11H2,1-3H3,(H,19,21). The van der Waals surface area contributed by atoms with E-state index in [1.54, 1.807) is 45.0 Å². The maximum atomic E-state index is 12.4. The normalized spacial score (nSPS) is 22.4. The number of amides is 1. The predicted octanol–water partition coefficient (Wildman–Crippen LogP) is 2.92. The molecule has 0 saturated heterocycles. The number of hydrogen-bond donors (Lipinski definition) is 1. The Bertz CT molecular complexity index is 715. The van der Waals surface area contributed by atoms with E-state index < -0.39 is 19.8 Å². The highest BCUT2D eigenvalue weighted by molar-refractivity contribution is 7.89. The molecular weight excluding hydrogens is 371 g/mol. The van der Waals surface area contributed by atoms with Gasteiger partial charge < -0.3 is 5.32 Å². The summed E-state index contributed by atoms with van der Waals surface area (Å²) in [7, 11) is -3.47. The number of nitrogens with one attached hydrogen (secondary N) is 1. The summed E-state index contributed by atoms with van der Waals surface area (Å²) in [5, 5.41) is 2.79. The van der Waals surface area contributed by atoms with Crippen molar-refractivity contribution in [2.24, 2.45) is 5.41 Å². The molecule has 1 aliphatic carbocycles. The molecule has 1 saturated carbocycles. The maximum absolute atomic E-state index is 12.4. The van der Waals surface area contributed by atoms with E-state index in [0.717, 1.165) is 5.56 Å². The van der Waals surface area contributed by atoms with Crippen LogP contribution in [0.15, 0.2) is 29.2 Å². The average Bonchev–Trinajstić information content (AvgIpc) is 3.06. The number of carbonyl (C=O) groups excluding carboxylic acids is 1. The lowest BCUT2D eigenvalue weighted by atomic mass is 10.1. The van der Waals surface area contributed by atoms with Crippen LogP contribution in [0, 0.1) is 5.41 Å². The van der Waals surface area contributed by atoms with Gasteiger partial charge >= 0.3 is 0 Å². The molecule has 1 aromatic rings. The smallest absolute Gasteiger partial charge is 0.243 e. The third kappa shape index (κ3) is 3.57. The Balaban J connectivity index is 2.02. The van der Waals surface area contributed by atoms with Gasteiger partial charge in [0.05, 0.1) is 10.3 Å². The van der Waals surface area contributed by atoms with Gasteiger partial charge in [-0.2, -0.15) is 4.31 Å². The number of hydrogen-bond acceptors (Lipinski definition) is 3. The van der Waals surface area contributed by atoms with Crippen LogP contribution >= 0.6 is 23.2 Å². The topological polar surface area (TPSA) is 66.5 Å². The Hall–Kier alpha value is -0.820. The summed E-state index contributed by atoms with van der Waals surface area (Å²) in [6, 6.07) is 6.50. The fraction of sp³-hybridized carbons (Fsp3) is 0.562. The number of nitrogens with zero attached hydrogens (tertiary/aromatic N) is 1. The molecule has 134 valence electrons. The van der Waals surface area contributed by atoms with Gasteiger partial charge in [-0.1, -0.05) is 26.0 Å². The average molecular weight is 393 g/mol. The van der Waals surface area contributed by atoms with E-state index in [1.807, 2.05) is 0 Å². The van der Waals surface area contributed by atoms with Crippen LogP contribution in [0.4, 0.5) is 0 Å². The zero-order valence-corrected chi connectivity index (χ0v) is 16.3. The second-order valence-corrected chi connectivity index (χ2v) is 9.55. The molecule has 8 heteroatoms. The molecule has 1 aliphatic rings. The molecule has 1 amide bonds. The molecule has 1 unspecified atom stereocenters.